The van der Waals surface area contributed by atoms with E-state index < -0.39 is 0 Å². The minimum Gasteiger partial charge on any atom is -0.378 e. The molecular formula is C11H16N4. The molecule has 2 N–H and O–H groups in total. The molecule has 0 saturated heterocycles. The van der Waals surface area contributed by atoms with Crippen molar-refractivity contribution in [3.8, 4) is 0 Å². The number of aromatic amines is 1. The lowest BCUT2D eigenvalue weighted by Crippen LogP contribution is -1.99. The number of H-pyrrole nitrogens is 1. The van der Waals surface area contributed by atoms with Gasteiger partial charge in [-0.1, -0.05) is 6.92 Å². The second-order valence-electron chi connectivity index (χ2n) is 3.59. The zero-order valence-corrected chi connectivity index (χ0v) is 9.12. The number of anilines is 1. The Morgan fingerprint density at radius 3 is 3.07 bits per heavy atom. The highest BCUT2D eigenvalue weighted by Gasteiger charge is 2.04. The predicted molar refractivity (Wildman–Crippen MR) is 60.7 cm³/mol. The summed E-state index contributed by atoms with van der Waals surface area (Å²) in [4.78, 5) is 3.04. The first kappa shape index (κ1) is 9.83. The number of aryl methyl sites for hydroxylation is 2. The van der Waals surface area contributed by atoms with E-state index in [4.69, 9.17) is 0 Å². The monoisotopic (exact) mass is 204 g/mol. The molecule has 0 radical (unpaired) electrons. The smallest absolute Gasteiger partial charge is 0.0853 e. The molecule has 2 aromatic rings. The third-order valence-corrected chi connectivity index (χ3v) is 2.39. The van der Waals surface area contributed by atoms with Crippen LogP contribution in [0.4, 0.5) is 5.69 Å². The number of nitrogens with zero attached hydrogens (tertiary/aromatic N) is 2. The van der Waals surface area contributed by atoms with E-state index in [1.807, 2.05) is 30.3 Å². The van der Waals surface area contributed by atoms with Crippen LogP contribution in [0, 0.1) is 0 Å². The average molecular weight is 204 g/mol. The highest BCUT2D eigenvalue weighted by atomic mass is 15.3. The van der Waals surface area contributed by atoms with Crippen LogP contribution in [0.1, 0.15) is 18.2 Å². The normalized spacial score (nSPS) is 10.5. The molecule has 15 heavy (non-hydrogen) atoms. The molecule has 80 valence electrons. The molecule has 0 spiro atoms. The third kappa shape index (κ3) is 2.21. The Kier molecular flexibility index (Phi) is 2.76. The Bertz CT molecular complexity index is 414. The van der Waals surface area contributed by atoms with Gasteiger partial charge in [0, 0.05) is 32.2 Å². The van der Waals surface area contributed by atoms with Crippen LogP contribution in [-0.4, -0.2) is 14.8 Å². The second-order valence-corrected chi connectivity index (χ2v) is 3.59. The van der Waals surface area contributed by atoms with E-state index in [9.17, 15) is 0 Å². The lowest BCUT2D eigenvalue weighted by Gasteiger charge is -2.02. The van der Waals surface area contributed by atoms with Gasteiger partial charge in [-0.2, -0.15) is 5.10 Å². The van der Waals surface area contributed by atoms with Gasteiger partial charge in [-0.25, -0.2) is 0 Å². The van der Waals surface area contributed by atoms with Crippen molar-refractivity contribution >= 4 is 5.69 Å². The van der Waals surface area contributed by atoms with Crippen molar-refractivity contribution in [3.63, 3.8) is 0 Å². The van der Waals surface area contributed by atoms with E-state index in [2.05, 4.69) is 28.4 Å². The van der Waals surface area contributed by atoms with E-state index in [0.29, 0.717) is 0 Å². The van der Waals surface area contributed by atoms with Crippen LogP contribution in [0.25, 0.3) is 0 Å². The van der Waals surface area contributed by atoms with E-state index in [-0.39, 0.29) is 0 Å². The maximum atomic E-state index is 4.38. The molecule has 0 amide bonds. The molecule has 0 saturated carbocycles. The van der Waals surface area contributed by atoms with Gasteiger partial charge >= 0.3 is 0 Å². The average Bonchev–Trinajstić information content (AvgIpc) is 2.83. The van der Waals surface area contributed by atoms with Gasteiger partial charge in [0.25, 0.3) is 0 Å². The molecule has 2 heterocycles. The maximum absolute atomic E-state index is 4.38. The number of nitrogens with one attached hydrogen (secondary N) is 2. The van der Waals surface area contributed by atoms with Gasteiger partial charge in [-0.15, -0.1) is 0 Å². The number of hydrogen-bond acceptors (Lipinski definition) is 2. The lowest BCUT2D eigenvalue weighted by atomic mass is 10.3. The van der Waals surface area contributed by atoms with Crippen molar-refractivity contribution in [2.24, 2.45) is 7.05 Å². The van der Waals surface area contributed by atoms with Crippen molar-refractivity contribution in [2.45, 2.75) is 19.9 Å². The van der Waals surface area contributed by atoms with Crippen molar-refractivity contribution < 1.29 is 0 Å². The summed E-state index contributed by atoms with van der Waals surface area (Å²) in [5.41, 5.74) is 3.50. The lowest BCUT2D eigenvalue weighted by molar-refractivity contribution is 0.746. The Morgan fingerprint density at radius 1 is 1.53 bits per heavy atom. The van der Waals surface area contributed by atoms with E-state index in [1.165, 1.54) is 5.56 Å². The number of aromatic nitrogens is 3. The molecular weight excluding hydrogens is 188 g/mol. The predicted octanol–water partition coefficient (Wildman–Crippen LogP) is 1.92. The molecule has 0 bridgehead atoms. The Hall–Kier alpha value is -1.71. The Morgan fingerprint density at radius 2 is 2.40 bits per heavy atom. The second kappa shape index (κ2) is 4.21. The first-order valence-electron chi connectivity index (χ1n) is 5.17. The van der Waals surface area contributed by atoms with E-state index >= 15 is 0 Å². The minimum absolute atomic E-state index is 0.836. The number of hydrogen-bond donors (Lipinski definition) is 2. The molecule has 2 rings (SSSR count). The van der Waals surface area contributed by atoms with Crippen molar-refractivity contribution in [1.82, 2.24) is 14.8 Å². The topological polar surface area (TPSA) is 45.6 Å². The first-order chi connectivity index (χ1) is 7.29. The highest BCUT2D eigenvalue weighted by Crippen LogP contribution is 2.14. The fourth-order valence-electron chi connectivity index (χ4n) is 1.61. The zero-order chi connectivity index (χ0) is 10.7. The summed E-state index contributed by atoms with van der Waals surface area (Å²) in [6, 6.07) is 2.06. The van der Waals surface area contributed by atoms with Crippen LogP contribution in [0.15, 0.2) is 24.7 Å². The van der Waals surface area contributed by atoms with Gasteiger partial charge < -0.3 is 10.3 Å². The highest BCUT2D eigenvalue weighted by molar-refractivity contribution is 5.46. The van der Waals surface area contributed by atoms with E-state index in [1.54, 1.807) is 0 Å². The summed E-state index contributed by atoms with van der Waals surface area (Å²) in [6.45, 7) is 2.95. The molecule has 0 fully saturated rings. The van der Waals surface area contributed by atoms with Crippen molar-refractivity contribution in [1.29, 1.82) is 0 Å². The van der Waals surface area contributed by atoms with Crippen LogP contribution >= 0.6 is 0 Å². The molecule has 0 aromatic carbocycles. The van der Waals surface area contributed by atoms with Crippen LogP contribution < -0.4 is 5.32 Å². The zero-order valence-electron chi connectivity index (χ0n) is 9.12. The molecule has 0 aliphatic carbocycles. The molecule has 0 atom stereocenters. The van der Waals surface area contributed by atoms with Crippen molar-refractivity contribution in [3.05, 3.63) is 35.9 Å². The molecule has 0 aliphatic rings. The van der Waals surface area contributed by atoms with Crippen LogP contribution in [0.2, 0.25) is 0 Å². The summed E-state index contributed by atoms with van der Waals surface area (Å²) in [5.74, 6) is 0. The fourth-order valence-corrected chi connectivity index (χ4v) is 1.61. The summed E-state index contributed by atoms with van der Waals surface area (Å²) in [5, 5.41) is 7.76. The van der Waals surface area contributed by atoms with E-state index in [0.717, 1.165) is 24.3 Å². The van der Waals surface area contributed by atoms with Gasteiger partial charge in [0.05, 0.1) is 11.4 Å². The van der Waals surface area contributed by atoms with Gasteiger partial charge in [-0.05, 0) is 18.1 Å². The summed E-state index contributed by atoms with van der Waals surface area (Å²) < 4.78 is 1.85. The Balaban J connectivity index is 2.04. The first-order valence-corrected chi connectivity index (χ1v) is 5.17. The minimum atomic E-state index is 0.836. The third-order valence-electron chi connectivity index (χ3n) is 2.39. The molecule has 0 aliphatic heterocycles. The van der Waals surface area contributed by atoms with Crippen LogP contribution in [0.5, 0.6) is 0 Å². The fraction of sp³-hybridized carbons (Fsp3) is 0.364. The molecule has 0 unspecified atom stereocenters. The molecule has 4 heteroatoms. The quantitative estimate of drug-likeness (QED) is 0.799. The Labute approximate surface area is 89.3 Å². The largest absolute Gasteiger partial charge is 0.378 e. The standard InChI is InChI=1S/C11H16N4/c1-3-10-11(8-15(2)14-10)13-7-9-4-5-12-6-9/h4-6,8,12-13H,3,7H2,1-2H3. The van der Waals surface area contributed by atoms with Gasteiger partial charge in [0.2, 0.25) is 0 Å². The van der Waals surface area contributed by atoms with Gasteiger partial charge in [0.15, 0.2) is 0 Å². The van der Waals surface area contributed by atoms with Gasteiger partial charge in [0.1, 0.15) is 0 Å². The van der Waals surface area contributed by atoms with Crippen LogP contribution in [0.3, 0.4) is 0 Å². The summed E-state index contributed by atoms with van der Waals surface area (Å²) in [7, 11) is 1.95. The maximum Gasteiger partial charge on any atom is 0.0853 e. The van der Waals surface area contributed by atoms with Crippen molar-refractivity contribution in [2.75, 3.05) is 5.32 Å². The summed E-state index contributed by atoms with van der Waals surface area (Å²) in [6.07, 6.45) is 6.90. The number of rotatable bonds is 4. The van der Waals surface area contributed by atoms with Crippen LogP contribution in [-0.2, 0) is 20.0 Å². The SMILES string of the molecule is CCc1nn(C)cc1NCc1cc[nH]c1. The molecule has 4 nitrogen and oxygen atoms in total. The van der Waals surface area contributed by atoms with Gasteiger partial charge in [-0.3, -0.25) is 4.68 Å². The summed E-state index contributed by atoms with van der Waals surface area (Å²) >= 11 is 0. The molecule has 2 aromatic heterocycles.